The van der Waals surface area contributed by atoms with Crippen molar-refractivity contribution in [2.24, 2.45) is 0 Å². The maximum absolute atomic E-state index is 5.62. The number of ether oxygens (including phenoxy) is 3. The summed E-state index contributed by atoms with van der Waals surface area (Å²) in [6.07, 6.45) is 0.916. The highest BCUT2D eigenvalue weighted by molar-refractivity contribution is 9.10. The number of benzene rings is 2. The van der Waals surface area contributed by atoms with Crippen molar-refractivity contribution in [1.82, 2.24) is 5.32 Å². The summed E-state index contributed by atoms with van der Waals surface area (Å²) in [6.45, 7) is 4.19. The van der Waals surface area contributed by atoms with Crippen LogP contribution in [-0.2, 0) is 13.0 Å². The van der Waals surface area contributed by atoms with Crippen molar-refractivity contribution in [3.63, 3.8) is 0 Å². The first-order valence-electron chi connectivity index (χ1n) is 8.01. The summed E-state index contributed by atoms with van der Waals surface area (Å²) >= 11 is 3.56. The molecule has 0 heterocycles. The molecule has 0 aliphatic rings. The van der Waals surface area contributed by atoms with Crippen LogP contribution in [0.4, 0.5) is 0 Å². The summed E-state index contributed by atoms with van der Waals surface area (Å²) < 4.78 is 17.3. The van der Waals surface area contributed by atoms with Gasteiger partial charge in [0, 0.05) is 6.54 Å². The summed E-state index contributed by atoms with van der Waals surface area (Å²) in [4.78, 5) is 0. The molecule has 0 radical (unpaired) electrons. The van der Waals surface area contributed by atoms with E-state index in [0.29, 0.717) is 6.61 Å². The number of para-hydroxylation sites is 1. The third-order valence-corrected chi connectivity index (χ3v) is 4.26. The molecule has 0 saturated carbocycles. The van der Waals surface area contributed by atoms with Gasteiger partial charge in [0.05, 0.1) is 25.3 Å². The van der Waals surface area contributed by atoms with Crippen LogP contribution in [0.5, 0.6) is 17.2 Å². The average molecular weight is 394 g/mol. The predicted molar refractivity (Wildman–Crippen MR) is 100 cm³/mol. The van der Waals surface area contributed by atoms with Crippen LogP contribution in [0.1, 0.15) is 18.1 Å². The first-order chi connectivity index (χ1) is 11.7. The largest absolute Gasteiger partial charge is 0.496 e. The standard InChI is InChI=1S/C19H24BrNO3/c1-4-24-19-16(20)11-14(12-18(19)23-3)13-21-10-9-15-7-5-6-8-17(15)22-2/h5-8,11-12,21H,4,9-10,13H2,1-3H3. The molecule has 2 aromatic carbocycles. The molecule has 0 fully saturated rings. The topological polar surface area (TPSA) is 39.7 Å². The van der Waals surface area contributed by atoms with Crippen molar-refractivity contribution < 1.29 is 14.2 Å². The molecular formula is C19H24BrNO3. The van der Waals surface area contributed by atoms with Crippen LogP contribution in [-0.4, -0.2) is 27.4 Å². The van der Waals surface area contributed by atoms with E-state index in [4.69, 9.17) is 14.2 Å². The molecule has 0 atom stereocenters. The average Bonchev–Trinajstić information content (AvgIpc) is 2.61. The van der Waals surface area contributed by atoms with Crippen molar-refractivity contribution in [3.8, 4) is 17.2 Å². The molecule has 24 heavy (non-hydrogen) atoms. The van der Waals surface area contributed by atoms with Crippen molar-refractivity contribution in [1.29, 1.82) is 0 Å². The van der Waals surface area contributed by atoms with Crippen molar-refractivity contribution in [2.75, 3.05) is 27.4 Å². The molecule has 0 saturated heterocycles. The second-order valence-electron chi connectivity index (χ2n) is 5.28. The first kappa shape index (κ1) is 18.6. The highest BCUT2D eigenvalue weighted by Gasteiger charge is 2.11. The molecule has 5 heteroatoms. The lowest BCUT2D eigenvalue weighted by atomic mass is 10.1. The number of rotatable bonds is 9. The quantitative estimate of drug-likeness (QED) is 0.648. The number of hydrogen-bond acceptors (Lipinski definition) is 4. The second-order valence-corrected chi connectivity index (χ2v) is 6.13. The van der Waals surface area contributed by atoms with Crippen LogP contribution >= 0.6 is 15.9 Å². The minimum Gasteiger partial charge on any atom is -0.496 e. The van der Waals surface area contributed by atoms with Gasteiger partial charge in [-0.05, 0) is 65.1 Å². The van der Waals surface area contributed by atoms with Crippen molar-refractivity contribution in [3.05, 3.63) is 52.0 Å². The SMILES string of the molecule is CCOc1c(Br)cc(CNCCc2ccccc2OC)cc1OC. The van der Waals surface area contributed by atoms with E-state index in [1.165, 1.54) is 5.56 Å². The third kappa shape index (κ3) is 4.89. The second kappa shape index (κ2) is 9.55. The molecule has 130 valence electrons. The number of methoxy groups -OCH3 is 2. The summed E-state index contributed by atoms with van der Waals surface area (Å²) in [5.41, 5.74) is 2.35. The predicted octanol–water partition coefficient (Wildman–Crippen LogP) is 4.20. The van der Waals surface area contributed by atoms with Gasteiger partial charge < -0.3 is 19.5 Å². The zero-order chi connectivity index (χ0) is 17.4. The summed E-state index contributed by atoms with van der Waals surface area (Å²) in [5.74, 6) is 2.43. The minimum absolute atomic E-state index is 0.603. The van der Waals surface area contributed by atoms with Crippen LogP contribution in [0.3, 0.4) is 0 Å². The molecule has 0 amide bonds. The molecule has 0 aliphatic heterocycles. The lowest BCUT2D eigenvalue weighted by molar-refractivity contribution is 0.308. The zero-order valence-electron chi connectivity index (χ0n) is 14.4. The summed E-state index contributed by atoms with van der Waals surface area (Å²) in [5, 5.41) is 3.46. The molecule has 0 bridgehead atoms. The van der Waals surface area contributed by atoms with Crippen LogP contribution in [0.25, 0.3) is 0 Å². The summed E-state index contributed by atoms with van der Waals surface area (Å²) in [7, 11) is 3.36. The maximum Gasteiger partial charge on any atom is 0.175 e. The highest BCUT2D eigenvalue weighted by atomic mass is 79.9. The fourth-order valence-corrected chi connectivity index (χ4v) is 3.13. The van der Waals surface area contributed by atoms with Gasteiger partial charge in [0.1, 0.15) is 5.75 Å². The first-order valence-corrected chi connectivity index (χ1v) is 8.80. The minimum atomic E-state index is 0.603. The fourth-order valence-electron chi connectivity index (χ4n) is 2.52. The monoisotopic (exact) mass is 393 g/mol. The Hall–Kier alpha value is -1.72. The van der Waals surface area contributed by atoms with Crippen molar-refractivity contribution >= 4 is 15.9 Å². The number of nitrogens with one attached hydrogen (secondary N) is 1. The van der Waals surface area contributed by atoms with Crippen LogP contribution < -0.4 is 19.5 Å². The van der Waals surface area contributed by atoms with Crippen LogP contribution in [0.15, 0.2) is 40.9 Å². The van der Waals surface area contributed by atoms with E-state index in [-0.39, 0.29) is 0 Å². The Morgan fingerprint density at radius 1 is 1.04 bits per heavy atom. The molecule has 2 rings (SSSR count). The van der Waals surface area contributed by atoms with Crippen LogP contribution in [0.2, 0.25) is 0 Å². The molecule has 2 aromatic rings. The Kier molecular flexibility index (Phi) is 7.40. The molecule has 0 aromatic heterocycles. The lowest BCUT2D eigenvalue weighted by Crippen LogP contribution is -2.17. The van der Waals surface area contributed by atoms with Crippen molar-refractivity contribution in [2.45, 2.75) is 19.9 Å². The van der Waals surface area contributed by atoms with Gasteiger partial charge in [0.2, 0.25) is 0 Å². The Bertz CT molecular complexity index is 661. The third-order valence-electron chi connectivity index (χ3n) is 3.67. The van der Waals surface area contributed by atoms with Gasteiger partial charge in [-0.2, -0.15) is 0 Å². The zero-order valence-corrected chi connectivity index (χ0v) is 16.0. The molecule has 1 N–H and O–H groups in total. The van der Waals surface area contributed by atoms with Gasteiger partial charge in [0.25, 0.3) is 0 Å². The number of hydrogen-bond donors (Lipinski definition) is 1. The smallest absolute Gasteiger partial charge is 0.175 e. The molecular weight excluding hydrogens is 370 g/mol. The Morgan fingerprint density at radius 2 is 1.79 bits per heavy atom. The highest BCUT2D eigenvalue weighted by Crippen LogP contribution is 2.36. The molecule has 0 spiro atoms. The van der Waals surface area contributed by atoms with Gasteiger partial charge in [0.15, 0.2) is 11.5 Å². The maximum atomic E-state index is 5.62. The van der Waals surface area contributed by atoms with E-state index in [2.05, 4.69) is 33.4 Å². The lowest BCUT2D eigenvalue weighted by Gasteiger charge is -2.14. The van der Waals surface area contributed by atoms with Gasteiger partial charge >= 0.3 is 0 Å². The van der Waals surface area contributed by atoms with E-state index in [1.54, 1.807) is 14.2 Å². The number of halogens is 1. The van der Waals surface area contributed by atoms with Gasteiger partial charge in [-0.25, -0.2) is 0 Å². The van der Waals surface area contributed by atoms with E-state index in [1.807, 2.05) is 31.2 Å². The van der Waals surface area contributed by atoms with E-state index >= 15 is 0 Å². The van der Waals surface area contributed by atoms with Crippen LogP contribution in [0, 0.1) is 0 Å². The fraction of sp³-hybridized carbons (Fsp3) is 0.368. The van der Waals surface area contributed by atoms with Gasteiger partial charge in [-0.3, -0.25) is 0 Å². The normalized spacial score (nSPS) is 10.5. The van der Waals surface area contributed by atoms with E-state index in [0.717, 1.165) is 46.8 Å². The molecule has 0 unspecified atom stereocenters. The van der Waals surface area contributed by atoms with Gasteiger partial charge in [-0.15, -0.1) is 0 Å². The Balaban J connectivity index is 1.93. The van der Waals surface area contributed by atoms with Gasteiger partial charge in [-0.1, -0.05) is 18.2 Å². The Morgan fingerprint density at radius 3 is 2.50 bits per heavy atom. The van der Waals surface area contributed by atoms with E-state index in [9.17, 15) is 0 Å². The summed E-state index contributed by atoms with van der Waals surface area (Å²) in [6, 6.07) is 12.2. The molecule has 0 aliphatic carbocycles. The van der Waals surface area contributed by atoms with E-state index < -0.39 is 0 Å². The molecule has 4 nitrogen and oxygen atoms in total. The Labute approximate surface area is 152 Å².